The Hall–Kier alpha value is -3.23. The van der Waals surface area contributed by atoms with Crippen molar-refractivity contribution in [3.8, 4) is 0 Å². The molecule has 11 nitrogen and oxygen atoms in total. The highest BCUT2D eigenvalue weighted by atomic mass is 32.2. The minimum atomic E-state index is -1.15. The lowest BCUT2D eigenvalue weighted by Gasteiger charge is -2.53. The highest BCUT2D eigenvalue weighted by Crippen LogP contribution is 2.44. The summed E-state index contributed by atoms with van der Waals surface area (Å²) in [6.07, 6.45) is 1.95. The fourth-order valence-electron chi connectivity index (χ4n) is 4.29. The Balaban J connectivity index is 1.32. The minimum Gasteiger partial charge on any atom is -0.481 e. The summed E-state index contributed by atoms with van der Waals surface area (Å²) in [6.45, 7) is 0.0563. The summed E-state index contributed by atoms with van der Waals surface area (Å²) in [7, 11) is 1.30. The second-order valence-corrected chi connectivity index (χ2v) is 11.0. The fourth-order valence-corrected chi connectivity index (χ4v) is 7.17. The lowest BCUT2D eigenvalue weighted by molar-refractivity contribution is -0.158. The molecular formula is C21H20N6O5S3. The predicted molar refractivity (Wildman–Crippen MR) is 133 cm³/mol. The Kier molecular flexibility index (Phi) is 6.11. The molecule has 2 aliphatic rings. The Morgan fingerprint density at radius 2 is 2.23 bits per heavy atom. The number of nitrogens with two attached hydrogens (primary N) is 1. The van der Waals surface area contributed by atoms with Crippen molar-refractivity contribution in [1.29, 1.82) is 0 Å². The van der Waals surface area contributed by atoms with Crippen molar-refractivity contribution < 1.29 is 24.3 Å². The molecule has 0 saturated carbocycles. The van der Waals surface area contributed by atoms with E-state index in [1.54, 1.807) is 11.6 Å². The number of fused-ring (bicyclic) bond motifs is 2. The zero-order valence-corrected chi connectivity index (χ0v) is 20.8. The van der Waals surface area contributed by atoms with E-state index < -0.39 is 23.3 Å². The van der Waals surface area contributed by atoms with Gasteiger partial charge in [0.1, 0.15) is 24.2 Å². The SMILES string of the molecule is CON=C(C(=O)NC1C(=O)N2CC(Cc3ccnc4cscc34)(C(=O)O)CS[C@H]12)c1csc(N)n1. The molecule has 2 fully saturated rings. The molecule has 3 aromatic rings. The standard InChI is InChI=1S/C21H20N6O5S3/c1-32-26-14(13-7-34-20(22)24-13)16(28)25-15-17(29)27-8-21(19(30)31,9-35-18(15)27)4-10-2-3-23-12-6-33-5-11(10)12/h2-3,5-7,15,18H,4,8-9H2,1H3,(H2,22,24)(H,25,28)(H,30,31)/t15?,18-,21?/m1/s1. The summed E-state index contributed by atoms with van der Waals surface area (Å²) < 4.78 is 0. The summed E-state index contributed by atoms with van der Waals surface area (Å²) in [5.74, 6) is -1.63. The number of aliphatic carboxylic acids is 1. The molecule has 0 radical (unpaired) electrons. The van der Waals surface area contributed by atoms with Crippen LogP contribution in [0.3, 0.4) is 0 Å². The van der Waals surface area contributed by atoms with E-state index in [9.17, 15) is 19.5 Å². The van der Waals surface area contributed by atoms with Crippen LogP contribution in [0.1, 0.15) is 11.3 Å². The molecule has 0 aromatic carbocycles. The van der Waals surface area contributed by atoms with Gasteiger partial charge in [0.15, 0.2) is 10.8 Å². The quantitative estimate of drug-likeness (QED) is 0.232. The highest BCUT2D eigenvalue weighted by molar-refractivity contribution is 8.00. The second-order valence-electron chi connectivity index (χ2n) is 8.22. The molecule has 2 unspecified atom stereocenters. The van der Waals surface area contributed by atoms with Gasteiger partial charge in [-0.1, -0.05) is 5.16 Å². The molecule has 182 valence electrons. The maximum Gasteiger partial charge on any atom is 0.312 e. The number of hydrogen-bond donors (Lipinski definition) is 3. The molecule has 3 atom stereocenters. The van der Waals surface area contributed by atoms with E-state index in [1.807, 2.05) is 16.8 Å². The summed E-state index contributed by atoms with van der Waals surface area (Å²) >= 11 is 4.01. The number of thiazole rings is 1. The maximum atomic E-state index is 13.0. The lowest BCUT2D eigenvalue weighted by atomic mass is 9.80. The van der Waals surface area contributed by atoms with Crippen LogP contribution in [0.15, 0.2) is 33.6 Å². The van der Waals surface area contributed by atoms with E-state index in [1.165, 1.54) is 35.1 Å². The number of β-lactam (4-membered cyclic amide) rings is 1. The molecular weight excluding hydrogens is 512 g/mol. The van der Waals surface area contributed by atoms with Gasteiger partial charge in [-0.25, -0.2) is 4.98 Å². The summed E-state index contributed by atoms with van der Waals surface area (Å²) in [5.41, 5.74) is 6.37. The summed E-state index contributed by atoms with van der Waals surface area (Å²) in [4.78, 5) is 53.0. The Morgan fingerprint density at radius 1 is 1.40 bits per heavy atom. The second kappa shape index (κ2) is 9.09. The van der Waals surface area contributed by atoms with Crippen LogP contribution in [0.5, 0.6) is 0 Å². The smallest absolute Gasteiger partial charge is 0.312 e. The number of carboxylic acid groups (broad SMARTS) is 1. The normalized spacial score (nSPS) is 24.1. The van der Waals surface area contributed by atoms with Crippen LogP contribution >= 0.6 is 34.4 Å². The summed E-state index contributed by atoms with van der Waals surface area (Å²) in [5, 5.41) is 22.9. The average Bonchev–Trinajstić information content (AvgIpc) is 3.50. The first-order chi connectivity index (χ1) is 16.8. The third-order valence-electron chi connectivity index (χ3n) is 6.05. The molecule has 35 heavy (non-hydrogen) atoms. The van der Waals surface area contributed by atoms with Crippen LogP contribution in [0.4, 0.5) is 5.13 Å². The van der Waals surface area contributed by atoms with Gasteiger partial charge in [0.25, 0.3) is 5.91 Å². The molecule has 14 heteroatoms. The first-order valence-corrected chi connectivity index (χ1v) is 13.3. The molecule has 0 bridgehead atoms. The number of thiophene rings is 1. The van der Waals surface area contributed by atoms with Gasteiger partial charge < -0.3 is 25.9 Å². The minimum absolute atomic E-state index is 0.0563. The van der Waals surface area contributed by atoms with Crippen molar-refractivity contribution in [1.82, 2.24) is 20.2 Å². The van der Waals surface area contributed by atoms with Gasteiger partial charge >= 0.3 is 5.97 Å². The topological polar surface area (TPSA) is 160 Å². The number of pyridine rings is 1. The molecule has 2 amide bonds. The molecule has 5 rings (SSSR count). The Bertz CT molecular complexity index is 1360. The molecule has 5 heterocycles. The van der Waals surface area contributed by atoms with E-state index in [2.05, 4.69) is 20.4 Å². The van der Waals surface area contributed by atoms with Gasteiger partial charge in [-0.2, -0.15) is 0 Å². The number of carbonyl (C=O) groups is 3. The number of amides is 2. The monoisotopic (exact) mass is 532 g/mol. The van der Waals surface area contributed by atoms with Crippen molar-refractivity contribution in [2.45, 2.75) is 17.8 Å². The van der Waals surface area contributed by atoms with Gasteiger partial charge in [-0.3, -0.25) is 19.4 Å². The fraction of sp³-hybridized carbons (Fsp3) is 0.333. The third kappa shape index (κ3) is 4.10. The molecule has 0 aliphatic carbocycles. The third-order valence-corrected chi connectivity index (χ3v) is 9.05. The number of nitrogen functional groups attached to an aromatic ring is 1. The average molecular weight is 533 g/mol. The van der Waals surface area contributed by atoms with Gasteiger partial charge in [0.05, 0.1) is 10.9 Å². The van der Waals surface area contributed by atoms with Crippen molar-refractivity contribution in [2.75, 3.05) is 25.1 Å². The number of carboxylic acids is 1. The van der Waals surface area contributed by atoms with Crippen LogP contribution in [-0.2, 0) is 25.6 Å². The number of anilines is 1. The number of oxime groups is 1. The van der Waals surface area contributed by atoms with Crippen LogP contribution in [-0.4, -0.2) is 74.3 Å². The number of nitrogens with zero attached hydrogens (tertiary/aromatic N) is 4. The van der Waals surface area contributed by atoms with Crippen molar-refractivity contribution >= 4 is 74.0 Å². The number of carbonyl (C=O) groups excluding carboxylic acids is 2. The van der Waals surface area contributed by atoms with E-state index in [-0.39, 0.29) is 40.8 Å². The van der Waals surface area contributed by atoms with Crippen molar-refractivity contribution in [3.05, 3.63) is 39.7 Å². The van der Waals surface area contributed by atoms with Gasteiger partial charge in [0.2, 0.25) is 5.91 Å². The van der Waals surface area contributed by atoms with E-state index >= 15 is 0 Å². The summed E-state index contributed by atoms with van der Waals surface area (Å²) in [6, 6.07) is 1.03. The number of nitrogens with one attached hydrogen (secondary N) is 1. The van der Waals surface area contributed by atoms with Crippen LogP contribution in [0, 0.1) is 5.41 Å². The van der Waals surface area contributed by atoms with Crippen LogP contribution < -0.4 is 11.1 Å². The largest absolute Gasteiger partial charge is 0.481 e. The van der Waals surface area contributed by atoms with E-state index in [0.29, 0.717) is 5.75 Å². The van der Waals surface area contributed by atoms with E-state index in [4.69, 9.17) is 10.6 Å². The van der Waals surface area contributed by atoms with Gasteiger partial charge in [0, 0.05) is 40.0 Å². The highest BCUT2D eigenvalue weighted by Gasteiger charge is 2.57. The molecule has 4 N–H and O–H groups in total. The van der Waals surface area contributed by atoms with Crippen molar-refractivity contribution in [2.24, 2.45) is 10.6 Å². The number of thioether (sulfide) groups is 1. The van der Waals surface area contributed by atoms with Crippen LogP contribution in [0.2, 0.25) is 0 Å². The number of aromatic nitrogens is 2. The number of hydrogen-bond acceptors (Lipinski definition) is 11. The predicted octanol–water partition coefficient (Wildman–Crippen LogP) is 1.40. The van der Waals surface area contributed by atoms with Gasteiger partial charge in [-0.05, 0) is 18.1 Å². The van der Waals surface area contributed by atoms with Crippen molar-refractivity contribution in [3.63, 3.8) is 0 Å². The maximum absolute atomic E-state index is 13.0. The van der Waals surface area contributed by atoms with Crippen LogP contribution in [0.25, 0.3) is 10.9 Å². The zero-order chi connectivity index (χ0) is 24.7. The first kappa shape index (κ1) is 23.5. The molecule has 0 spiro atoms. The lowest BCUT2D eigenvalue weighted by Crippen LogP contribution is -2.74. The van der Waals surface area contributed by atoms with Gasteiger partial charge in [-0.15, -0.1) is 34.4 Å². The molecule has 3 aromatic heterocycles. The Morgan fingerprint density at radius 3 is 2.94 bits per heavy atom. The zero-order valence-electron chi connectivity index (χ0n) is 18.3. The molecule has 2 saturated heterocycles. The Labute approximate surface area is 211 Å². The number of rotatable bonds is 7. The molecule has 2 aliphatic heterocycles. The van der Waals surface area contributed by atoms with E-state index in [0.717, 1.165) is 27.8 Å². The first-order valence-electron chi connectivity index (χ1n) is 10.4.